The van der Waals surface area contributed by atoms with Crippen molar-refractivity contribution in [3.05, 3.63) is 60.2 Å². The molecule has 5 nitrogen and oxygen atoms in total. The molecule has 2 N–H and O–H groups in total. The number of amides is 2. The number of para-hydroxylation sites is 1. The van der Waals surface area contributed by atoms with Gasteiger partial charge in [-0.25, -0.2) is 0 Å². The SMILES string of the molecule is CC(C(=O)Nc1cccc(C(=O)N(C)c2ccccc2)c1)C1CNC1.Cl. The highest BCUT2D eigenvalue weighted by Crippen LogP contribution is 2.20. The highest BCUT2D eigenvalue weighted by molar-refractivity contribution is 6.06. The van der Waals surface area contributed by atoms with Crippen LogP contribution in [0, 0.1) is 11.8 Å². The van der Waals surface area contributed by atoms with Crippen molar-refractivity contribution >= 4 is 35.6 Å². The zero-order valence-corrected chi connectivity index (χ0v) is 15.8. The molecule has 1 heterocycles. The van der Waals surface area contributed by atoms with E-state index in [4.69, 9.17) is 0 Å². The van der Waals surface area contributed by atoms with Gasteiger partial charge in [0, 0.05) is 29.9 Å². The molecule has 0 bridgehead atoms. The van der Waals surface area contributed by atoms with Crippen LogP contribution < -0.4 is 15.5 Å². The molecule has 26 heavy (non-hydrogen) atoms. The molecule has 6 heteroatoms. The molecule has 0 spiro atoms. The Hall–Kier alpha value is -2.37. The molecule has 1 atom stereocenters. The van der Waals surface area contributed by atoms with Gasteiger partial charge in [-0.2, -0.15) is 0 Å². The molecule has 0 aromatic heterocycles. The molecule has 0 aliphatic carbocycles. The lowest BCUT2D eigenvalue weighted by molar-refractivity contribution is -0.121. The van der Waals surface area contributed by atoms with Gasteiger partial charge in [-0.1, -0.05) is 31.2 Å². The minimum Gasteiger partial charge on any atom is -0.326 e. The first kappa shape index (κ1) is 19.9. The van der Waals surface area contributed by atoms with Crippen molar-refractivity contribution in [2.24, 2.45) is 11.8 Å². The number of hydrogen-bond acceptors (Lipinski definition) is 3. The average molecular weight is 374 g/mol. The molecule has 1 fully saturated rings. The van der Waals surface area contributed by atoms with Gasteiger partial charge in [0.05, 0.1) is 0 Å². The third-order valence-electron chi connectivity index (χ3n) is 4.76. The number of carbonyl (C=O) groups is 2. The summed E-state index contributed by atoms with van der Waals surface area (Å²) in [5.41, 5.74) is 2.02. The van der Waals surface area contributed by atoms with Gasteiger partial charge in [-0.15, -0.1) is 12.4 Å². The maximum absolute atomic E-state index is 12.7. The van der Waals surface area contributed by atoms with E-state index in [0.29, 0.717) is 17.2 Å². The van der Waals surface area contributed by atoms with Gasteiger partial charge in [0.2, 0.25) is 5.91 Å². The summed E-state index contributed by atoms with van der Waals surface area (Å²) in [6.07, 6.45) is 0. The van der Waals surface area contributed by atoms with Crippen LogP contribution in [-0.4, -0.2) is 32.0 Å². The third kappa shape index (κ3) is 4.42. The fourth-order valence-electron chi connectivity index (χ4n) is 2.83. The van der Waals surface area contributed by atoms with Crippen molar-refractivity contribution in [1.82, 2.24) is 5.32 Å². The Bertz CT molecular complexity index is 763. The largest absolute Gasteiger partial charge is 0.326 e. The van der Waals surface area contributed by atoms with E-state index in [1.54, 1.807) is 30.1 Å². The zero-order valence-electron chi connectivity index (χ0n) is 14.9. The fourth-order valence-corrected chi connectivity index (χ4v) is 2.83. The second kappa shape index (κ2) is 8.83. The minimum absolute atomic E-state index is 0. The highest BCUT2D eigenvalue weighted by Gasteiger charge is 2.28. The predicted molar refractivity (Wildman–Crippen MR) is 107 cm³/mol. The van der Waals surface area contributed by atoms with Crippen molar-refractivity contribution in [3.8, 4) is 0 Å². The number of nitrogens with one attached hydrogen (secondary N) is 2. The molecular weight excluding hydrogens is 350 g/mol. The Morgan fingerprint density at radius 3 is 2.42 bits per heavy atom. The van der Waals surface area contributed by atoms with Crippen LogP contribution in [0.15, 0.2) is 54.6 Å². The summed E-state index contributed by atoms with van der Waals surface area (Å²) >= 11 is 0. The fraction of sp³-hybridized carbons (Fsp3) is 0.300. The van der Waals surface area contributed by atoms with Crippen LogP contribution in [-0.2, 0) is 4.79 Å². The first-order chi connectivity index (χ1) is 12.1. The van der Waals surface area contributed by atoms with Crippen LogP contribution in [0.25, 0.3) is 0 Å². The normalized spacial score (nSPS) is 14.5. The highest BCUT2D eigenvalue weighted by atomic mass is 35.5. The molecule has 1 aliphatic rings. The molecule has 0 radical (unpaired) electrons. The zero-order chi connectivity index (χ0) is 17.8. The summed E-state index contributed by atoms with van der Waals surface area (Å²) in [6, 6.07) is 16.6. The lowest BCUT2D eigenvalue weighted by atomic mass is 9.88. The van der Waals surface area contributed by atoms with E-state index >= 15 is 0 Å². The van der Waals surface area contributed by atoms with Crippen LogP contribution in [0.5, 0.6) is 0 Å². The summed E-state index contributed by atoms with van der Waals surface area (Å²) < 4.78 is 0. The van der Waals surface area contributed by atoms with Crippen LogP contribution in [0.3, 0.4) is 0 Å². The van der Waals surface area contributed by atoms with Gasteiger partial charge in [0.1, 0.15) is 0 Å². The van der Waals surface area contributed by atoms with Crippen LogP contribution in [0.4, 0.5) is 11.4 Å². The Balaban J connectivity index is 0.00000243. The summed E-state index contributed by atoms with van der Waals surface area (Å²) in [4.78, 5) is 26.6. The molecule has 3 rings (SSSR count). The van der Waals surface area contributed by atoms with E-state index in [2.05, 4.69) is 10.6 Å². The molecule has 1 aliphatic heterocycles. The maximum Gasteiger partial charge on any atom is 0.258 e. The van der Waals surface area contributed by atoms with Crippen molar-refractivity contribution in [2.45, 2.75) is 6.92 Å². The number of anilines is 2. The smallest absolute Gasteiger partial charge is 0.258 e. The van der Waals surface area contributed by atoms with Gasteiger partial charge in [0.15, 0.2) is 0 Å². The second-order valence-electron chi connectivity index (χ2n) is 6.48. The van der Waals surface area contributed by atoms with Crippen molar-refractivity contribution in [3.63, 3.8) is 0 Å². The molecule has 2 amide bonds. The lowest BCUT2D eigenvalue weighted by Gasteiger charge is -2.31. The van der Waals surface area contributed by atoms with Gasteiger partial charge in [-0.05, 0) is 49.3 Å². The van der Waals surface area contributed by atoms with E-state index in [-0.39, 0.29) is 30.1 Å². The quantitative estimate of drug-likeness (QED) is 0.846. The minimum atomic E-state index is -0.112. The van der Waals surface area contributed by atoms with Crippen molar-refractivity contribution in [1.29, 1.82) is 0 Å². The first-order valence-electron chi connectivity index (χ1n) is 8.51. The summed E-state index contributed by atoms with van der Waals surface area (Å²) in [5.74, 6) is 0.215. The Morgan fingerprint density at radius 1 is 1.12 bits per heavy atom. The predicted octanol–water partition coefficient (Wildman–Crippen LogP) is 3.18. The molecule has 1 unspecified atom stereocenters. The molecule has 1 saturated heterocycles. The van der Waals surface area contributed by atoms with Gasteiger partial charge in [0.25, 0.3) is 5.91 Å². The van der Waals surface area contributed by atoms with Crippen LogP contribution in [0.1, 0.15) is 17.3 Å². The second-order valence-corrected chi connectivity index (χ2v) is 6.48. The summed E-state index contributed by atoms with van der Waals surface area (Å²) in [7, 11) is 1.74. The van der Waals surface area contributed by atoms with Gasteiger partial charge < -0.3 is 15.5 Å². The Labute approximate surface area is 160 Å². The summed E-state index contributed by atoms with van der Waals surface area (Å²) in [5, 5.41) is 6.11. The third-order valence-corrected chi connectivity index (χ3v) is 4.76. The summed E-state index contributed by atoms with van der Waals surface area (Å²) in [6.45, 7) is 3.71. The Kier molecular flexibility index (Phi) is 6.77. The van der Waals surface area contributed by atoms with Gasteiger partial charge in [-0.3, -0.25) is 9.59 Å². The number of nitrogens with zero attached hydrogens (tertiary/aromatic N) is 1. The van der Waals surface area contributed by atoms with Crippen LogP contribution >= 0.6 is 12.4 Å². The van der Waals surface area contributed by atoms with E-state index in [0.717, 1.165) is 18.8 Å². The van der Waals surface area contributed by atoms with E-state index in [9.17, 15) is 9.59 Å². The number of rotatable bonds is 5. The topological polar surface area (TPSA) is 61.4 Å². The monoisotopic (exact) mass is 373 g/mol. The Morgan fingerprint density at radius 2 is 1.81 bits per heavy atom. The average Bonchev–Trinajstić information content (AvgIpc) is 2.60. The van der Waals surface area contributed by atoms with E-state index in [1.807, 2.05) is 43.3 Å². The first-order valence-corrected chi connectivity index (χ1v) is 8.51. The van der Waals surface area contributed by atoms with Crippen LogP contribution in [0.2, 0.25) is 0 Å². The molecule has 2 aromatic rings. The molecule has 138 valence electrons. The van der Waals surface area contributed by atoms with E-state index in [1.165, 1.54) is 0 Å². The number of carbonyl (C=O) groups excluding carboxylic acids is 2. The van der Waals surface area contributed by atoms with Crippen molar-refractivity contribution < 1.29 is 9.59 Å². The lowest BCUT2D eigenvalue weighted by Crippen LogP contribution is -2.48. The molecular formula is C20H24ClN3O2. The van der Waals surface area contributed by atoms with Gasteiger partial charge >= 0.3 is 0 Å². The number of hydrogen-bond donors (Lipinski definition) is 2. The standard InChI is InChI=1S/C20H23N3O2.ClH/c1-14(16-12-21-13-16)19(24)22-17-8-6-7-15(11-17)20(25)23(2)18-9-4-3-5-10-18;/h3-11,14,16,21H,12-13H2,1-2H3,(H,22,24);1H. The van der Waals surface area contributed by atoms with Crippen molar-refractivity contribution in [2.75, 3.05) is 30.4 Å². The maximum atomic E-state index is 12.7. The molecule has 0 saturated carbocycles. The number of benzene rings is 2. The number of halogens is 1. The van der Waals surface area contributed by atoms with E-state index < -0.39 is 0 Å². The molecule has 2 aromatic carbocycles.